The van der Waals surface area contributed by atoms with Gasteiger partial charge in [-0.3, -0.25) is 0 Å². The van der Waals surface area contributed by atoms with Crippen molar-refractivity contribution in [2.24, 2.45) is 5.92 Å². The Labute approximate surface area is 104 Å². The van der Waals surface area contributed by atoms with Crippen LogP contribution in [-0.4, -0.2) is 24.6 Å². The summed E-state index contributed by atoms with van der Waals surface area (Å²) >= 11 is -1.30. The minimum absolute atomic E-state index is 0.0755. The number of benzene rings is 1. The second-order valence-electron chi connectivity index (χ2n) is 3.53. The maximum absolute atomic E-state index is 11.2. The Bertz CT molecular complexity index is 329. The molecule has 1 atom stereocenters. The van der Waals surface area contributed by atoms with Gasteiger partial charge in [0.15, 0.2) is 0 Å². The third kappa shape index (κ3) is 4.09. The van der Waals surface area contributed by atoms with Gasteiger partial charge in [-0.15, -0.1) is 0 Å². The number of esters is 1. The molecule has 1 aromatic carbocycles. The molecule has 1 rings (SSSR count). The molecular formula is C12H18INO2. The van der Waals surface area contributed by atoms with Crippen LogP contribution >= 0.6 is 20.1 Å². The van der Waals surface area contributed by atoms with Gasteiger partial charge in [-0.25, -0.2) is 0 Å². The van der Waals surface area contributed by atoms with E-state index in [2.05, 4.69) is 37.5 Å². The van der Waals surface area contributed by atoms with E-state index in [1.54, 1.807) is 0 Å². The van der Waals surface area contributed by atoms with Crippen LogP contribution in [0.2, 0.25) is 0 Å². The summed E-state index contributed by atoms with van der Waals surface area (Å²) < 4.78 is 9.54. The molecule has 4 heteroatoms. The summed E-state index contributed by atoms with van der Waals surface area (Å²) in [5.74, 6) is -0.224. The van der Waals surface area contributed by atoms with Gasteiger partial charge < -0.3 is 0 Å². The molecule has 0 heterocycles. The summed E-state index contributed by atoms with van der Waals surface area (Å²) in [4.78, 5) is 13.5. The van der Waals surface area contributed by atoms with E-state index in [0.29, 0.717) is 6.54 Å². The Morgan fingerprint density at radius 3 is 2.62 bits per heavy atom. The predicted octanol–water partition coefficient (Wildman–Crippen LogP) is 2.31. The van der Waals surface area contributed by atoms with Crippen LogP contribution in [0.1, 0.15) is 6.92 Å². The quantitative estimate of drug-likeness (QED) is 0.388. The Morgan fingerprint density at radius 2 is 2.06 bits per heavy atom. The number of carbonyl (C=O) groups is 1. The molecule has 0 aromatic heterocycles. The Kier molecular flexibility index (Phi) is 5.76. The second kappa shape index (κ2) is 6.85. The molecule has 0 radical (unpaired) electrons. The van der Waals surface area contributed by atoms with Gasteiger partial charge >= 0.3 is 104 Å². The number of rotatable bonds is 5. The zero-order chi connectivity index (χ0) is 12.0. The van der Waals surface area contributed by atoms with Crippen LogP contribution in [0.3, 0.4) is 0 Å². The van der Waals surface area contributed by atoms with E-state index < -0.39 is 20.1 Å². The van der Waals surface area contributed by atoms with Crippen LogP contribution in [-0.2, 0) is 9.53 Å². The number of alkyl halides is 1. The molecule has 0 bridgehead atoms. The van der Waals surface area contributed by atoms with E-state index in [1.807, 2.05) is 13.0 Å². The molecule has 1 aromatic rings. The van der Waals surface area contributed by atoms with E-state index in [-0.39, 0.29) is 11.9 Å². The van der Waals surface area contributed by atoms with Gasteiger partial charge in [0.25, 0.3) is 0 Å². The molecule has 0 fully saturated rings. The van der Waals surface area contributed by atoms with Gasteiger partial charge in [0, 0.05) is 0 Å². The fourth-order valence-electron chi connectivity index (χ4n) is 1.20. The van der Waals surface area contributed by atoms with Crippen LogP contribution in [0, 0.1) is 9.49 Å². The van der Waals surface area contributed by atoms with Crippen molar-refractivity contribution >= 4 is 26.1 Å². The summed E-state index contributed by atoms with van der Waals surface area (Å²) in [5, 5.41) is 0. The van der Waals surface area contributed by atoms with Gasteiger partial charge in [-0.05, 0) is 0 Å². The predicted molar refractivity (Wildman–Crippen MR) is 74.3 cm³/mol. The van der Waals surface area contributed by atoms with Crippen LogP contribution in [0.25, 0.3) is 0 Å². The number of hydrogen-bond donors (Lipinski definition) is 1. The van der Waals surface area contributed by atoms with Gasteiger partial charge in [0.2, 0.25) is 0 Å². The summed E-state index contributed by atoms with van der Waals surface area (Å²) in [6.07, 6.45) is 0. The summed E-state index contributed by atoms with van der Waals surface area (Å²) in [6, 6.07) is 10.4. The van der Waals surface area contributed by atoms with E-state index in [0.717, 1.165) is 0 Å². The fraction of sp³-hybridized carbons (Fsp3) is 0.417. The normalized spacial score (nSPS) is 13.1. The van der Waals surface area contributed by atoms with Crippen molar-refractivity contribution in [2.75, 3.05) is 18.6 Å². The molecule has 0 saturated heterocycles. The Morgan fingerprint density at radius 1 is 1.44 bits per heavy atom. The maximum atomic E-state index is 11.2. The minimum atomic E-state index is -1.30. The average molecular weight is 335 g/mol. The van der Waals surface area contributed by atoms with E-state index in [1.165, 1.54) is 10.7 Å². The third-order valence-electron chi connectivity index (χ3n) is 2.25. The van der Waals surface area contributed by atoms with Crippen molar-refractivity contribution in [3.8, 4) is 0 Å². The number of hydrogen-bond acceptors (Lipinski definition) is 3. The summed E-state index contributed by atoms with van der Waals surface area (Å²) in [6.45, 7) is 2.58. The van der Waals surface area contributed by atoms with Gasteiger partial charge in [-0.1, -0.05) is 0 Å². The van der Waals surface area contributed by atoms with Gasteiger partial charge in [0.05, 0.1) is 0 Å². The molecule has 1 N–H and O–H groups in total. The third-order valence-corrected chi connectivity index (χ3v) is 6.42. The molecule has 90 valence electrons. The number of methoxy groups -OCH3 is 1. The first-order valence-electron chi connectivity index (χ1n) is 5.11. The molecule has 0 unspecified atom stereocenters. The van der Waals surface area contributed by atoms with Crippen molar-refractivity contribution in [3.05, 3.63) is 33.9 Å². The first-order valence-corrected chi connectivity index (χ1v) is 9.43. The molecule has 3 nitrogen and oxygen atoms in total. The van der Waals surface area contributed by atoms with E-state index >= 15 is 0 Å². The fourth-order valence-corrected chi connectivity index (χ4v) is 4.45. The van der Waals surface area contributed by atoms with Gasteiger partial charge in [0.1, 0.15) is 0 Å². The molecule has 0 spiro atoms. The SMILES string of the molecule is COC(=O)[C@@H](C)CNI(C)c1ccccc1. The standard InChI is InChI=1S/C12H18INO2/c1-10(12(15)16-3)9-14-13(2)11-7-5-4-6-8-11/h4-8,10,14H,9H2,1-3H3/t10-/m0/s1. The second-order valence-corrected chi connectivity index (χ2v) is 8.24. The van der Waals surface area contributed by atoms with Crippen LogP contribution in [0.4, 0.5) is 0 Å². The first kappa shape index (κ1) is 13.4. The summed E-state index contributed by atoms with van der Waals surface area (Å²) in [5.41, 5.74) is 0. The van der Waals surface area contributed by atoms with E-state index in [4.69, 9.17) is 0 Å². The summed E-state index contributed by atoms with van der Waals surface area (Å²) in [7, 11) is 1.43. The topological polar surface area (TPSA) is 38.3 Å². The van der Waals surface area contributed by atoms with Crippen molar-refractivity contribution in [3.63, 3.8) is 0 Å². The number of ether oxygens (including phenoxy) is 1. The van der Waals surface area contributed by atoms with Crippen molar-refractivity contribution < 1.29 is 9.53 Å². The Balaban J connectivity index is 2.41. The molecule has 0 amide bonds. The zero-order valence-electron chi connectivity index (χ0n) is 9.87. The van der Waals surface area contributed by atoms with Crippen LogP contribution in [0.15, 0.2) is 30.3 Å². The average Bonchev–Trinajstić information content (AvgIpc) is 2.35. The number of halogens is 1. The Hall–Kier alpha value is -0.620. The molecule has 0 aliphatic carbocycles. The van der Waals surface area contributed by atoms with Crippen molar-refractivity contribution in [1.82, 2.24) is 3.53 Å². The first-order chi connectivity index (χ1) is 7.65. The van der Waals surface area contributed by atoms with Crippen molar-refractivity contribution in [1.29, 1.82) is 0 Å². The number of carbonyl (C=O) groups excluding carboxylic acids is 1. The molecular weight excluding hydrogens is 317 g/mol. The van der Waals surface area contributed by atoms with Crippen LogP contribution in [0.5, 0.6) is 0 Å². The molecule has 16 heavy (non-hydrogen) atoms. The number of nitrogens with one attached hydrogen (secondary N) is 1. The monoisotopic (exact) mass is 335 g/mol. The molecule has 0 saturated carbocycles. The van der Waals surface area contributed by atoms with Crippen LogP contribution < -0.4 is 3.53 Å². The van der Waals surface area contributed by atoms with E-state index in [9.17, 15) is 4.79 Å². The molecule has 0 aliphatic heterocycles. The zero-order valence-corrected chi connectivity index (χ0v) is 12.0. The van der Waals surface area contributed by atoms with Gasteiger partial charge in [-0.2, -0.15) is 0 Å². The molecule has 0 aliphatic rings. The van der Waals surface area contributed by atoms with Crippen molar-refractivity contribution in [2.45, 2.75) is 6.92 Å².